The van der Waals surface area contributed by atoms with Crippen LogP contribution < -0.4 is 31.9 Å². The molecule has 4 fully saturated rings. The normalized spacial score (nSPS) is 17.8. The van der Waals surface area contributed by atoms with Crippen LogP contribution in [0.25, 0.3) is 45.7 Å². The van der Waals surface area contributed by atoms with Gasteiger partial charge in [0, 0.05) is 63.5 Å². The number of hydrogen-bond acceptors (Lipinski definition) is 20. The molecule has 356 valence electrons. The molecule has 2 aliphatic carbocycles. The molecule has 2 saturated heterocycles. The quantitative estimate of drug-likeness (QED) is 0.120. The van der Waals surface area contributed by atoms with Crippen molar-refractivity contribution in [3.63, 3.8) is 0 Å². The Labute approximate surface area is 404 Å². The number of piperazine rings is 2. The predicted molar refractivity (Wildman–Crippen MR) is 263 cm³/mol. The van der Waals surface area contributed by atoms with Gasteiger partial charge in [-0.2, -0.15) is 9.97 Å². The highest BCUT2D eigenvalue weighted by Crippen LogP contribution is 2.52. The van der Waals surface area contributed by atoms with Crippen molar-refractivity contribution in [2.24, 2.45) is 11.8 Å². The summed E-state index contributed by atoms with van der Waals surface area (Å²) in [7, 11) is 0. The first-order valence-corrected chi connectivity index (χ1v) is 23.8. The largest absolute Gasteiger partial charge is 0.382 e. The lowest BCUT2D eigenvalue weighted by Gasteiger charge is -2.27. The van der Waals surface area contributed by atoms with Gasteiger partial charge in [-0.3, -0.25) is 9.97 Å². The van der Waals surface area contributed by atoms with Gasteiger partial charge in [-0.15, -0.1) is 0 Å². The van der Waals surface area contributed by atoms with Gasteiger partial charge in [0.1, 0.15) is 34.7 Å². The molecule has 70 heavy (non-hydrogen) atoms. The van der Waals surface area contributed by atoms with Crippen LogP contribution in [0.5, 0.6) is 0 Å². The molecule has 6 N–H and O–H groups in total. The van der Waals surface area contributed by atoms with Gasteiger partial charge in [0.25, 0.3) is 11.8 Å². The summed E-state index contributed by atoms with van der Waals surface area (Å²) in [5.74, 6) is 5.57. The lowest BCUT2D eigenvalue weighted by Crippen LogP contribution is -2.43. The van der Waals surface area contributed by atoms with Crippen LogP contribution in [0.2, 0.25) is 0 Å². The summed E-state index contributed by atoms with van der Waals surface area (Å²) in [5, 5.41) is 15.5. The zero-order valence-corrected chi connectivity index (χ0v) is 39.1. The van der Waals surface area contributed by atoms with Crippen molar-refractivity contribution >= 4 is 23.3 Å². The molecule has 1 unspecified atom stereocenters. The SMILES string of the molecule is CC(c1ccc(-c2cnc(N)cn2)cc1)(c1noc(-c2cnc(N3CCNCC3)cn2)n1)C1CC1.C[C@@](c1ccc(-c2cnc(N)cn2)cc1)(c1noc(-c2cnc(N3CCNCC3)cn2)n1)C1CC1. The van der Waals surface area contributed by atoms with Crippen molar-refractivity contribution < 1.29 is 9.05 Å². The summed E-state index contributed by atoms with van der Waals surface area (Å²) in [6, 6.07) is 16.7. The van der Waals surface area contributed by atoms with Gasteiger partial charge in [-0.1, -0.05) is 58.8 Å². The van der Waals surface area contributed by atoms with Crippen molar-refractivity contribution in [1.82, 2.24) is 70.8 Å². The van der Waals surface area contributed by atoms with Crippen molar-refractivity contribution in [3.05, 3.63) is 121 Å². The molecule has 4 aliphatic rings. The highest BCUT2D eigenvalue weighted by molar-refractivity contribution is 5.61. The molecule has 0 radical (unpaired) electrons. The van der Waals surface area contributed by atoms with E-state index in [0.29, 0.717) is 58.3 Å². The molecule has 20 nitrogen and oxygen atoms in total. The van der Waals surface area contributed by atoms with E-state index in [2.05, 4.69) is 133 Å². The molecule has 2 aliphatic heterocycles. The fraction of sp³-hybridized carbons (Fsp3) is 0.360. The Morgan fingerprint density at radius 2 is 0.843 bits per heavy atom. The van der Waals surface area contributed by atoms with Crippen LogP contribution in [-0.2, 0) is 10.8 Å². The topological polar surface area (TPSA) is 264 Å². The number of aromatic nitrogens is 12. The van der Waals surface area contributed by atoms with Crippen molar-refractivity contribution in [3.8, 4) is 45.7 Å². The van der Waals surface area contributed by atoms with E-state index in [1.165, 1.54) is 0 Å². The van der Waals surface area contributed by atoms with Crippen molar-refractivity contribution in [2.75, 3.05) is 73.6 Å². The molecule has 0 amide bonds. The Hall–Kier alpha value is -7.84. The minimum atomic E-state index is -0.360. The van der Waals surface area contributed by atoms with Crippen molar-refractivity contribution in [2.45, 2.75) is 50.4 Å². The van der Waals surface area contributed by atoms with Crippen molar-refractivity contribution in [1.29, 1.82) is 0 Å². The minimum Gasteiger partial charge on any atom is -0.382 e. The number of nitrogens with zero attached hydrogens (tertiary/aromatic N) is 14. The summed E-state index contributed by atoms with van der Waals surface area (Å²) in [6.45, 7) is 11.9. The molecule has 2 atom stereocenters. The molecule has 8 aromatic rings. The highest BCUT2D eigenvalue weighted by atomic mass is 16.5. The van der Waals surface area contributed by atoms with E-state index in [4.69, 9.17) is 30.5 Å². The number of hydrogen-bond donors (Lipinski definition) is 4. The monoisotopic (exact) mass is 938 g/mol. The summed E-state index contributed by atoms with van der Waals surface area (Å²) >= 11 is 0. The van der Waals surface area contributed by atoms with E-state index in [1.807, 2.05) is 0 Å². The number of nitrogens with two attached hydrogens (primary N) is 2. The summed E-state index contributed by atoms with van der Waals surface area (Å²) in [4.78, 5) is 49.3. The molecule has 6 aromatic heterocycles. The third-order valence-electron chi connectivity index (χ3n) is 14.1. The van der Waals surface area contributed by atoms with Crippen LogP contribution in [0.3, 0.4) is 0 Å². The van der Waals surface area contributed by atoms with Crippen LogP contribution in [0.15, 0.2) is 107 Å². The Morgan fingerprint density at radius 1 is 0.471 bits per heavy atom. The molecule has 20 heteroatoms. The molecule has 2 aromatic carbocycles. The number of benzene rings is 2. The van der Waals surface area contributed by atoms with Crippen LogP contribution in [0, 0.1) is 11.8 Å². The van der Waals surface area contributed by atoms with Gasteiger partial charge in [0.05, 0.1) is 71.8 Å². The van der Waals surface area contributed by atoms with E-state index in [0.717, 1.165) is 123 Å². The highest BCUT2D eigenvalue weighted by Gasteiger charge is 2.48. The molecule has 0 spiro atoms. The maximum absolute atomic E-state index is 5.67. The lowest BCUT2D eigenvalue weighted by atomic mass is 9.77. The van der Waals surface area contributed by atoms with Gasteiger partial charge in [-0.05, 0) is 62.5 Å². The van der Waals surface area contributed by atoms with E-state index in [9.17, 15) is 0 Å². The Kier molecular flexibility index (Phi) is 12.1. The smallest absolute Gasteiger partial charge is 0.278 e. The first-order chi connectivity index (χ1) is 34.2. The first kappa shape index (κ1) is 44.7. The maximum atomic E-state index is 5.67. The summed E-state index contributed by atoms with van der Waals surface area (Å²) in [6.07, 6.45) is 18.0. The van der Waals surface area contributed by atoms with Crippen LogP contribution in [0.4, 0.5) is 23.3 Å². The molecular formula is C50H54N18O2. The second-order valence-corrected chi connectivity index (χ2v) is 18.6. The average molecular weight is 939 g/mol. The van der Waals surface area contributed by atoms with Gasteiger partial charge < -0.3 is 40.9 Å². The predicted octanol–water partition coefficient (Wildman–Crippen LogP) is 5.38. The van der Waals surface area contributed by atoms with Gasteiger partial charge in [-0.25, -0.2) is 29.9 Å². The number of anilines is 4. The lowest BCUT2D eigenvalue weighted by molar-refractivity contribution is 0.386. The first-order valence-electron chi connectivity index (χ1n) is 23.8. The van der Waals surface area contributed by atoms with Gasteiger partial charge >= 0.3 is 0 Å². The third kappa shape index (κ3) is 9.09. The number of rotatable bonds is 12. The number of nitrogens with one attached hydrogen (secondary N) is 2. The minimum absolute atomic E-state index is 0.360. The second kappa shape index (κ2) is 18.9. The Morgan fingerprint density at radius 3 is 1.17 bits per heavy atom. The average Bonchev–Trinajstić information content (AvgIpc) is 4.36. The second-order valence-electron chi connectivity index (χ2n) is 18.6. The third-order valence-corrected chi connectivity index (χ3v) is 14.1. The van der Waals surface area contributed by atoms with E-state index in [1.54, 1.807) is 49.6 Å². The molecule has 2 saturated carbocycles. The zero-order valence-electron chi connectivity index (χ0n) is 39.1. The molecule has 0 bridgehead atoms. The fourth-order valence-corrected chi connectivity index (χ4v) is 9.42. The Balaban J connectivity index is 0.000000152. The van der Waals surface area contributed by atoms with Gasteiger partial charge in [0.2, 0.25) is 0 Å². The van der Waals surface area contributed by atoms with Crippen LogP contribution in [0.1, 0.15) is 62.3 Å². The molecule has 12 rings (SSSR count). The van der Waals surface area contributed by atoms with Gasteiger partial charge in [0.15, 0.2) is 11.6 Å². The summed E-state index contributed by atoms with van der Waals surface area (Å²) in [5.41, 5.74) is 17.6. The number of nitrogen functional groups attached to an aromatic ring is 2. The Bertz CT molecular complexity index is 2800. The fourth-order valence-electron chi connectivity index (χ4n) is 9.42. The van der Waals surface area contributed by atoms with E-state index >= 15 is 0 Å². The summed E-state index contributed by atoms with van der Waals surface area (Å²) < 4.78 is 11.3. The van der Waals surface area contributed by atoms with E-state index < -0.39 is 0 Å². The molecule has 8 heterocycles. The standard InChI is InChI=1S/2C25H27N9O/c2*1-25(18-6-7-18,17-4-2-16(3-5-17)19-12-30-21(26)14-28-19)24-32-23(35-33-24)20-13-31-22(15-29-20)34-10-8-27-9-11-34/h2*2-5,12-15,18,27H,6-11H2,1H3,(H2,26,30)/t25-;/m0./s1. The van der Waals surface area contributed by atoms with Crippen LogP contribution >= 0.6 is 0 Å². The van der Waals surface area contributed by atoms with E-state index in [-0.39, 0.29) is 10.8 Å². The molecular weight excluding hydrogens is 885 g/mol. The van der Waals surface area contributed by atoms with Crippen LogP contribution in [-0.4, -0.2) is 113 Å². The zero-order chi connectivity index (χ0) is 47.7. The maximum Gasteiger partial charge on any atom is 0.278 e.